The fourth-order valence-electron chi connectivity index (χ4n) is 4.71. The quantitative estimate of drug-likeness (QED) is 0.0241. The molecule has 0 radical (unpaired) electrons. The second kappa shape index (κ2) is 25.3. The van der Waals surface area contributed by atoms with E-state index in [1.54, 1.807) is 11.8 Å². The van der Waals surface area contributed by atoms with Crippen molar-refractivity contribution in [3.8, 4) is 0 Å². The average Bonchev–Trinajstić information content (AvgIpc) is 3.03. The molecule has 288 valence electrons. The molecule has 16 N–H and O–H groups in total. The van der Waals surface area contributed by atoms with Crippen LogP contribution < -0.4 is 55.3 Å². The number of thioether (sulfide) groups is 1. The molecule has 0 bridgehead atoms. The van der Waals surface area contributed by atoms with E-state index in [4.69, 9.17) is 28.7 Å². The van der Waals surface area contributed by atoms with Crippen molar-refractivity contribution in [2.45, 2.75) is 121 Å². The average molecular weight is 732 g/mol. The van der Waals surface area contributed by atoms with Gasteiger partial charge in [0.15, 0.2) is 5.96 Å². The molecule has 0 unspecified atom stereocenters. The molecular weight excluding hydrogens is 670 g/mol. The number of aliphatic imine (C=N–C) groups is 1. The molecule has 0 aromatic carbocycles. The minimum atomic E-state index is -1.51. The number of rotatable bonds is 26. The molecule has 0 aliphatic carbocycles. The minimum absolute atomic E-state index is 0.0616. The summed E-state index contributed by atoms with van der Waals surface area (Å²) in [6.45, 7) is 7.03. The Balaban J connectivity index is 5.78. The predicted molar refractivity (Wildman–Crippen MR) is 194 cm³/mol. The van der Waals surface area contributed by atoms with E-state index < -0.39 is 77.8 Å². The van der Waals surface area contributed by atoms with Crippen molar-refractivity contribution >= 4 is 53.2 Å². The Morgan fingerprint density at radius 1 is 0.700 bits per heavy atom. The first-order valence-corrected chi connectivity index (χ1v) is 18.3. The molecule has 0 fully saturated rings. The Kier molecular flexibility index (Phi) is 23.4. The number of nitrogens with one attached hydrogen (secondary N) is 5. The Bertz CT molecular complexity index is 1120. The lowest BCUT2D eigenvalue weighted by Gasteiger charge is -2.28. The lowest BCUT2D eigenvalue weighted by molar-refractivity contribution is -0.136. The van der Waals surface area contributed by atoms with E-state index in [0.29, 0.717) is 44.4 Å². The third-order valence-electron chi connectivity index (χ3n) is 7.54. The Morgan fingerprint density at radius 3 is 1.76 bits per heavy atom. The van der Waals surface area contributed by atoms with Gasteiger partial charge in [0.25, 0.3) is 0 Å². The van der Waals surface area contributed by atoms with Crippen molar-refractivity contribution in [2.24, 2.45) is 39.6 Å². The summed E-state index contributed by atoms with van der Waals surface area (Å²) in [6.07, 6.45) is 3.43. The first-order chi connectivity index (χ1) is 23.4. The van der Waals surface area contributed by atoms with Crippen LogP contribution >= 0.6 is 11.8 Å². The Labute approximate surface area is 299 Å². The van der Waals surface area contributed by atoms with Gasteiger partial charge in [-0.3, -0.25) is 33.8 Å². The SMILES string of the molecule is CSCCC[C@H](NC(=O)[C@H](CCCCN)NC(=O)[C@@H](NC(=O)[C@H](C)NC(=O)[C@@H](N)CCCN=C(N)N)[C@@H](C)O)C(=O)N[C@@H](CC(C)C)C(N)=O. The largest absolute Gasteiger partial charge is 0.391 e. The third-order valence-corrected chi connectivity index (χ3v) is 8.24. The number of primary amides is 1. The van der Waals surface area contributed by atoms with Gasteiger partial charge in [0.1, 0.15) is 30.2 Å². The first-order valence-electron chi connectivity index (χ1n) is 16.9. The van der Waals surface area contributed by atoms with Crippen LogP contribution in [-0.4, -0.2) is 114 Å². The zero-order chi connectivity index (χ0) is 38.4. The summed E-state index contributed by atoms with van der Waals surface area (Å²) in [6, 6.07) is -6.73. The Morgan fingerprint density at radius 2 is 1.26 bits per heavy atom. The van der Waals surface area contributed by atoms with Crippen LogP contribution in [0.5, 0.6) is 0 Å². The number of carbonyl (C=O) groups excluding carboxylic acids is 6. The van der Waals surface area contributed by atoms with Gasteiger partial charge < -0.3 is 60.4 Å². The molecule has 0 heterocycles. The van der Waals surface area contributed by atoms with Crippen LogP contribution in [0.2, 0.25) is 0 Å². The lowest BCUT2D eigenvalue weighted by Crippen LogP contribution is -2.61. The van der Waals surface area contributed by atoms with Crippen molar-refractivity contribution < 1.29 is 33.9 Å². The van der Waals surface area contributed by atoms with Crippen molar-refractivity contribution in [3.63, 3.8) is 0 Å². The molecule has 6 amide bonds. The fraction of sp³-hybridized carbons (Fsp3) is 0.774. The summed E-state index contributed by atoms with van der Waals surface area (Å²) in [5, 5.41) is 23.2. The van der Waals surface area contributed by atoms with Crippen LogP contribution in [0.4, 0.5) is 0 Å². The fourth-order valence-corrected chi connectivity index (χ4v) is 5.16. The normalized spacial score (nSPS) is 15.3. The number of unbranched alkanes of at least 4 members (excludes halogenated alkanes) is 1. The number of aliphatic hydroxyl groups excluding tert-OH is 1. The van der Waals surface area contributed by atoms with Crippen molar-refractivity contribution in [1.82, 2.24) is 26.6 Å². The Hall–Kier alpha value is -3.68. The van der Waals surface area contributed by atoms with Gasteiger partial charge >= 0.3 is 0 Å². The van der Waals surface area contributed by atoms with E-state index in [1.807, 2.05) is 20.1 Å². The van der Waals surface area contributed by atoms with E-state index in [0.717, 1.165) is 0 Å². The van der Waals surface area contributed by atoms with Gasteiger partial charge in [0, 0.05) is 6.54 Å². The molecule has 0 saturated carbocycles. The number of carbonyl (C=O) groups is 6. The number of aliphatic hydroxyl groups is 1. The zero-order valence-electron chi connectivity index (χ0n) is 30.0. The van der Waals surface area contributed by atoms with Gasteiger partial charge in [0.2, 0.25) is 35.4 Å². The topological polar surface area (TPSA) is 325 Å². The molecule has 19 heteroatoms. The molecule has 0 aliphatic rings. The highest BCUT2D eigenvalue weighted by Gasteiger charge is 2.33. The maximum atomic E-state index is 13.6. The summed E-state index contributed by atoms with van der Waals surface area (Å²) in [5.41, 5.74) is 27.6. The van der Waals surface area contributed by atoms with E-state index in [1.165, 1.54) is 13.8 Å². The van der Waals surface area contributed by atoms with E-state index >= 15 is 0 Å². The molecule has 0 aromatic heterocycles. The standard InChI is InChI=1S/C31H61N11O7S/c1-17(2)16-23(25(34)44)41-29(48)22(12-9-15-50-5)39-28(47)21(11-6-7-13-32)40-30(49)24(19(4)43)42-26(45)18(3)38-27(46)20(33)10-8-14-37-31(35)36/h17-24,43H,6-16,32-33H2,1-5H3,(H2,34,44)(H,38,46)(H,39,47)(H,40,49)(H,41,48)(H,42,45)(H4,35,36,37)/t18-,19+,20-,21-,22-,23-,24-/m0/s1. The van der Waals surface area contributed by atoms with Crippen LogP contribution in [-0.2, 0) is 28.8 Å². The number of nitrogens with two attached hydrogens (primary N) is 5. The molecule has 18 nitrogen and oxygen atoms in total. The highest BCUT2D eigenvalue weighted by atomic mass is 32.2. The number of hydrogen-bond acceptors (Lipinski definition) is 11. The molecule has 0 spiro atoms. The highest BCUT2D eigenvalue weighted by Crippen LogP contribution is 2.10. The number of nitrogens with zero attached hydrogens (tertiary/aromatic N) is 1. The van der Waals surface area contributed by atoms with Crippen molar-refractivity contribution in [3.05, 3.63) is 0 Å². The predicted octanol–water partition coefficient (Wildman–Crippen LogP) is -3.00. The van der Waals surface area contributed by atoms with Crippen LogP contribution in [0, 0.1) is 5.92 Å². The van der Waals surface area contributed by atoms with Gasteiger partial charge in [-0.15, -0.1) is 0 Å². The number of guanidine groups is 1. The molecule has 0 rings (SSSR count). The molecule has 0 aromatic rings. The second-order valence-electron chi connectivity index (χ2n) is 12.6. The maximum Gasteiger partial charge on any atom is 0.245 e. The molecular formula is C31H61N11O7S. The van der Waals surface area contributed by atoms with Crippen LogP contribution in [0.3, 0.4) is 0 Å². The third kappa shape index (κ3) is 19.5. The van der Waals surface area contributed by atoms with Gasteiger partial charge in [0.05, 0.1) is 12.1 Å². The molecule has 7 atom stereocenters. The molecule has 50 heavy (non-hydrogen) atoms. The lowest BCUT2D eigenvalue weighted by atomic mass is 10.0. The highest BCUT2D eigenvalue weighted by molar-refractivity contribution is 7.98. The van der Waals surface area contributed by atoms with Crippen LogP contribution in [0.25, 0.3) is 0 Å². The van der Waals surface area contributed by atoms with Crippen LogP contribution in [0.1, 0.15) is 79.1 Å². The van der Waals surface area contributed by atoms with Gasteiger partial charge in [-0.1, -0.05) is 13.8 Å². The maximum absolute atomic E-state index is 13.6. The minimum Gasteiger partial charge on any atom is -0.391 e. The first kappa shape index (κ1) is 46.3. The monoisotopic (exact) mass is 731 g/mol. The molecule has 0 aliphatic heterocycles. The zero-order valence-corrected chi connectivity index (χ0v) is 30.9. The smallest absolute Gasteiger partial charge is 0.245 e. The van der Waals surface area contributed by atoms with Crippen molar-refractivity contribution in [1.29, 1.82) is 0 Å². The summed E-state index contributed by atoms with van der Waals surface area (Å²) in [4.78, 5) is 81.6. The second-order valence-corrected chi connectivity index (χ2v) is 13.6. The molecule has 0 saturated heterocycles. The summed E-state index contributed by atoms with van der Waals surface area (Å²) in [5.74, 6) is -3.55. The number of hydrogen-bond donors (Lipinski definition) is 11. The number of amides is 6. The summed E-state index contributed by atoms with van der Waals surface area (Å²) >= 11 is 1.56. The van der Waals surface area contributed by atoms with E-state index in [9.17, 15) is 33.9 Å². The van der Waals surface area contributed by atoms with Crippen LogP contribution in [0.15, 0.2) is 4.99 Å². The van der Waals surface area contributed by atoms with Crippen molar-refractivity contribution in [2.75, 3.05) is 25.1 Å². The van der Waals surface area contributed by atoms with Gasteiger partial charge in [-0.25, -0.2) is 0 Å². The van der Waals surface area contributed by atoms with Gasteiger partial charge in [-0.05, 0) is 89.7 Å². The summed E-state index contributed by atoms with van der Waals surface area (Å²) < 4.78 is 0. The van der Waals surface area contributed by atoms with Gasteiger partial charge in [-0.2, -0.15) is 11.8 Å². The summed E-state index contributed by atoms with van der Waals surface area (Å²) in [7, 11) is 0. The van der Waals surface area contributed by atoms with E-state index in [-0.39, 0.29) is 37.7 Å². The van der Waals surface area contributed by atoms with E-state index in [2.05, 4.69) is 31.6 Å².